The van der Waals surface area contributed by atoms with Crippen LogP contribution in [0.2, 0.25) is 0 Å². The maximum atomic E-state index is 13.1. The Morgan fingerprint density at radius 2 is 1.79 bits per heavy atom. The zero-order chi connectivity index (χ0) is 28.0. The maximum Gasteiger partial charge on any atom is 0.319 e. The van der Waals surface area contributed by atoms with Gasteiger partial charge in [-0.1, -0.05) is 24.3 Å². The lowest BCUT2D eigenvalue weighted by Crippen LogP contribution is -2.64. The van der Waals surface area contributed by atoms with E-state index in [0.29, 0.717) is 22.6 Å². The van der Waals surface area contributed by atoms with E-state index in [-0.39, 0.29) is 12.2 Å². The van der Waals surface area contributed by atoms with E-state index in [2.05, 4.69) is 16.0 Å². The number of amides is 4. The molecule has 1 aliphatic rings. The summed E-state index contributed by atoms with van der Waals surface area (Å²) in [5.41, 5.74) is 4.60. The van der Waals surface area contributed by atoms with Crippen molar-refractivity contribution in [3.63, 3.8) is 0 Å². The van der Waals surface area contributed by atoms with Crippen molar-refractivity contribution >= 4 is 29.3 Å². The number of nitrogens with two attached hydrogens (primary N) is 1. The average molecular weight is 529 g/mol. The Labute approximate surface area is 219 Å². The highest BCUT2D eigenvalue weighted by molar-refractivity contribution is 5.97. The van der Waals surface area contributed by atoms with Gasteiger partial charge < -0.3 is 41.7 Å². The van der Waals surface area contributed by atoms with Gasteiger partial charge in [-0.05, 0) is 36.8 Å². The molecule has 0 saturated heterocycles. The molecule has 8 N–H and O–H groups in total. The summed E-state index contributed by atoms with van der Waals surface area (Å²) in [6.07, 6.45) is -3.99. The second kappa shape index (κ2) is 12.0. The van der Waals surface area contributed by atoms with Gasteiger partial charge in [-0.25, -0.2) is 4.79 Å². The molecule has 0 unspecified atom stereocenters. The highest BCUT2D eigenvalue weighted by Gasteiger charge is 2.49. The van der Waals surface area contributed by atoms with Gasteiger partial charge in [0, 0.05) is 30.5 Å². The summed E-state index contributed by atoms with van der Waals surface area (Å²) in [5.74, 6) is -1.41. The molecular weight excluding hydrogens is 496 g/mol. The number of nitrogens with one attached hydrogen (secondary N) is 3. The molecule has 0 aliphatic heterocycles. The summed E-state index contributed by atoms with van der Waals surface area (Å²) in [4.78, 5) is 49.2. The first-order valence-electron chi connectivity index (χ1n) is 11.9. The lowest BCUT2D eigenvalue weighted by molar-refractivity contribution is -0.158. The van der Waals surface area contributed by atoms with Crippen molar-refractivity contribution in [1.82, 2.24) is 10.6 Å². The van der Waals surface area contributed by atoms with Crippen LogP contribution in [-0.2, 0) is 16.0 Å². The quantitative estimate of drug-likeness (QED) is 0.218. The van der Waals surface area contributed by atoms with Crippen LogP contribution in [0.3, 0.4) is 0 Å². The second-order valence-corrected chi connectivity index (χ2v) is 9.32. The molecule has 4 amide bonds. The molecule has 12 heteroatoms. The maximum absolute atomic E-state index is 13.1. The molecule has 0 heterocycles. The van der Waals surface area contributed by atoms with E-state index in [9.17, 15) is 34.5 Å². The van der Waals surface area contributed by atoms with Crippen LogP contribution in [-0.4, -0.2) is 76.0 Å². The molecule has 1 aliphatic carbocycles. The molecule has 0 bridgehead atoms. The van der Waals surface area contributed by atoms with E-state index in [1.54, 1.807) is 42.5 Å². The SMILES string of the molecule is COc1ccc(C[C@H](NC(=O)[C@@]2(O)C[C@@H](O)[C@H](O)[C@@H](NC(=O)Nc3cccc(C(C)=O)c3)C2)C(N)=O)cc1. The van der Waals surface area contributed by atoms with Crippen LogP contribution in [0, 0.1) is 0 Å². The molecule has 204 valence electrons. The van der Waals surface area contributed by atoms with Gasteiger partial charge in [-0.15, -0.1) is 0 Å². The molecule has 1 fully saturated rings. The molecule has 0 radical (unpaired) electrons. The minimum atomic E-state index is -2.22. The van der Waals surface area contributed by atoms with Gasteiger partial charge >= 0.3 is 6.03 Å². The molecule has 0 aromatic heterocycles. The summed E-state index contributed by atoms with van der Waals surface area (Å²) >= 11 is 0. The molecule has 2 aromatic rings. The fourth-order valence-electron chi connectivity index (χ4n) is 4.29. The average Bonchev–Trinajstić information content (AvgIpc) is 2.87. The third-order valence-electron chi connectivity index (χ3n) is 6.42. The van der Waals surface area contributed by atoms with Gasteiger partial charge in [-0.2, -0.15) is 0 Å². The number of benzene rings is 2. The van der Waals surface area contributed by atoms with Crippen molar-refractivity contribution < 1.29 is 39.2 Å². The van der Waals surface area contributed by atoms with E-state index in [4.69, 9.17) is 10.5 Å². The summed E-state index contributed by atoms with van der Waals surface area (Å²) < 4.78 is 5.10. The van der Waals surface area contributed by atoms with Gasteiger partial charge in [0.25, 0.3) is 5.91 Å². The van der Waals surface area contributed by atoms with Crippen LogP contribution in [0.25, 0.3) is 0 Å². The Balaban J connectivity index is 1.68. The van der Waals surface area contributed by atoms with E-state index in [0.717, 1.165) is 0 Å². The van der Waals surface area contributed by atoms with Crippen molar-refractivity contribution in [2.45, 2.75) is 56.1 Å². The predicted octanol–water partition coefficient (Wildman–Crippen LogP) is -0.153. The Morgan fingerprint density at radius 1 is 1.11 bits per heavy atom. The number of methoxy groups -OCH3 is 1. The fraction of sp³-hybridized carbons (Fsp3) is 0.385. The number of hydrogen-bond acceptors (Lipinski definition) is 8. The van der Waals surface area contributed by atoms with E-state index in [1.807, 2.05) is 0 Å². The Kier molecular flexibility index (Phi) is 9.04. The number of primary amides is 1. The van der Waals surface area contributed by atoms with Crippen LogP contribution in [0.15, 0.2) is 48.5 Å². The van der Waals surface area contributed by atoms with Crippen LogP contribution in [0.1, 0.15) is 35.7 Å². The highest BCUT2D eigenvalue weighted by atomic mass is 16.5. The van der Waals surface area contributed by atoms with Crippen molar-refractivity contribution in [2.75, 3.05) is 12.4 Å². The number of carbonyl (C=O) groups is 4. The number of ketones is 1. The molecule has 3 rings (SSSR count). The summed E-state index contributed by atoms with van der Waals surface area (Å²) in [6, 6.07) is 9.74. The summed E-state index contributed by atoms with van der Waals surface area (Å²) in [6.45, 7) is 1.38. The minimum absolute atomic E-state index is 0.0374. The van der Waals surface area contributed by atoms with Crippen molar-refractivity contribution in [3.05, 3.63) is 59.7 Å². The number of ether oxygens (including phenoxy) is 1. The number of aliphatic hydroxyl groups is 3. The first-order chi connectivity index (χ1) is 17.9. The number of rotatable bonds is 9. The number of Topliss-reactive ketones (excluding diaryl/α,β-unsaturated/α-hetero) is 1. The molecule has 12 nitrogen and oxygen atoms in total. The number of anilines is 1. The minimum Gasteiger partial charge on any atom is -0.497 e. The monoisotopic (exact) mass is 528 g/mol. The van der Waals surface area contributed by atoms with Gasteiger partial charge in [0.2, 0.25) is 5.91 Å². The third kappa shape index (κ3) is 7.06. The van der Waals surface area contributed by atoms with Crippen LogP contribution in [0.5, 0.6) is 5.75 Å². The van der Waals surface area contributed by atoms with Crippen LogP contribution in [0.4, 0.5) is 10.5 Å². The van der Waals surface area contributed by atoms with E-state index >= 15 is 0 Å². The van der Waals surface area contributed by atoms with Crippen molar-refractivity contribution in [1.29, 1.82) is 0 Å². The Morgan fingerprint density at radius 3 is 2.39 bits per heavy atom. The molecule has 1 saturated carbocycles. The van der Waals surface area contributed by atoms with Crippen LogP contribution >= 0.6 is 0 Å². The van der Waals surface area contributed by atoms with Gasteiger partial charge in [-0.3, -0.25) is 14.4 Å². The molecule has 2 aromatic carbocycles. The summed E-state index contributed by atoms with van der Waals surface area (Å²) in [5, 5.41) is 39.3. The first kappa shape index (κ1) is 28.6. The molecule has 5 atom stereocenters. The largest absolute Gasteiger partial charge is 0.497 e. The highest BCUT2D eigenvalue weighted by Crippen LogP contribution is 2.30. The number of carbonyl (C=O) groups excluding carboxylic acids is 4. The third-order valence-corrected chi connectivity index (χ3v) is 6.42. The number of aliphatic hydroxyl groups excluding tert-OH is 2. The first-order valence-corrected chi connectivity index (χ1v) is 11.9. The number of hydrogen-bond donors (Lipinski definition) is 7. The fourth-order valence-corrected chi connectivity index (χ4v) is 4.29. The molecule has 38 heavy (non-hydrogen) atoms. The number of urea groups is 1. The van der Waals surface area contributed by atoms with Gasteiger partial charge in [0.05, 0.1) is 19.3 Å². The van der Waals surface area contributed by atoms with Gasteiger partial charge in [0.15, 0.2) is 5.78 Å². The zero-order valence-electron chi connectivity index (χ0n) is 21.0. The normalized spacial score (nSPS) is 23.6. The predicted molar refractivity (Wildman–Crippen MR) is 136 cm³/mol. The Hall–Kier alpha value is -4.00. The van der Waals surface area contributed by atoms with Crippen LogP contribution < -0.4 is 26.4 Å². The van der Waals surface area contributed by atoms with Crippen molar-refractivity contribution in [2.24, 2.45) is 5.73 Å². The lowest BCUT2D eigenvalue weighted by Gasteiger charge is -2.41. The molecule has 0 spiro atoms. The van der Waals surface area contributed by atoms with Crippen molar-refractivity contribution in [3.8, 4) is 5.75 Å². The second-order valence-electron chi connectivity index (χ2n) is 9.32. The van der Waals surface area contributed by atoms with E-state index < -0.39 is 60.6 Å². The standard InChI is InChI=1S/C26H32N4O8/c1-14(31)16-4-3-5-17(11-16)28-25(36)30-20-12-26(37,13-21(32)22(20)33)24(35)29-19(23(27)34)10-15-6-8-18(38-2)9-7-15/h3-9,11,19-22,32-33,37H,10,12-13H2,1-2H3,(H2,27,34)(H,29,35)(H2,28,30,36)/t19-,20-,21+,22+,26-/m0/s1. The van der Waals surface area contributed by atoms with E-state index in [1.165, 1.54) is 20.1 Å². The molecular formula is C26H32N4O8. The lowest BCUT2D eigenvalue weighted by atomic mass is 9.77. The smallest absolute Gasteiger partial charge is 0.319 e. The van der Waals surface area contributed by atoms with Gasteiger partial charge in [0.1, 0.15) is 23.5 Å². The summed E-state index contributed by atoms with van der Waals surface area (Å²) in [7, 11) is 1.51. The topological polar surface area (TPSA) is 200 Å². The zero-order valence-corrected chi connectivity index (χ0v) is 21.0. The Bertz CT molecular complexity index is 1190.